The van der Waals surface area contributed by atoms with Crippen LogP contribution < -0.4 is 9.50 Å². The molecule has 1 saturated heterocycles. The van der Waals surface area contributed by atoms with Crippen molar-refractivity contribution in [2.24, 2.45) is 0 Å². The summed E-state index contributed by atoms with van der Waals surface area (Å²) in [7, 11) is -4.19. The van der Waals surface area contributed by atoms with Gasteiger partial charge in [0.05, 0.1) is 5.56 Å². The third kappa shape index (κ3) is 4.30. The fourth-order valence-electron chi connectivity index (χ4n) is 5.42. The number of piperidine rings is 1. The number of aromatic nitrogens is 2. The van der Waals surface area contributed by atoms with E-state index in [1.165, 1.54) is 31.7 Å². The number of hydrogen-bond acceptors (Lipinski definition) is 7. The third-order valence-corrected chi connectivity index (χ3v) is 8.65. The Balaban J connectivity index is 1.34. The molecular formula is C27H28N4O5S. The van der Waals surface area contributed by atoms with Gasteiger partial charge in [-0.25, -0.2) is 0 Å². The maximum atomic E-state index is 13.0. The predicted octanol–water partition coefficient (Wildman–Crippen LogP) is 4.44. The monoisotopic (exact) mass is 520 g/mol. The quantitative estimate of drug-likeness (QED) is 0.361. The molecule has 0 bridgehead atoms. The van der Waals surface area contributed by atoms with Crippen LogP contribution in [0.4, 0.5) is 0 Å². The number of benzene rings is 2. The van der Waals surface area contributed by atoms with E-state index in [0.29, 0.717) is 16.7 Å². The van der Waals surface area contributed by atoms with Gasteiger partial charge >= 0.3 is 10.1 Å². The zero-order valence-electron chi connectivity index (χ0n) is 20.8. The first-order chi connectivity index (χ1) is 17.8. The molecule has 10 heteroatoms. The predicted molar refractivity (Wildman–Crippen MR) is 138 cm³/mol. The number of carbonyl (C=O) groups is 1. The van der Waals surface area contributed by atoms with E-state index >= 15 is 0 Å². The number of aryl methyl sites for hydroxylation is 2. The van der Waals surface area contributed by atoms with Gasteiger partial charge in [-0.3, -0.25) is 9.69 Å². The molecule has 2 aliphatic rings. The summed E-state index contributed by atoms with van der Waals surface area (Å²) in [5.41, 5.74) is 4.85. The van der Waals surface area contributed by atoms with Crippen molar-refractivity contribution in [2.45, 2.75) is 51.1 Å². The van der Waals surface area contributed by atoms with Crippen LogP contribution >= 0.6 is 0 Å². The summed E-state index contributed by atoms with van der Waals surface area (Å²) in [5.74, 6) is -0.00985. The van der Waals surface area contributed by atoms with Crippen molar-refractivity contribution in [3.8, 4) is 17.0 Å². The summed E-state index contributed by atoms with van der Waals surface area (Å²) in [4.78, 5) is 18.7. The highest BCUT2D eigenvalue weighted by Gasteiger charge is 2.32. The van der Waals surface area contributed by atoms with E-state index in [2.05, 4.69) is 38.6 Å². The summed E-state index contributed by atoms with van der Waals surface area (Å²) in [6.45, 7) is 6.44. The highest BCUT2D eigenvalue weighted by molar-refractivity contribution is 7.87. The van der Waals surface area contributed by atoms with Gasteiger partial charge in [0.2, 0.25) is 0 Å². The van der Waals surface area contributed by atoms with Crippen LogP contribution in [0.1, 0.15) is 52.2 Å². The highest BCUT2D eigenvalue weighted by Crippen LogP contribution is 2.37. The minimum absolute atomic E-state index is 0.0985. The Morgan fingerprint density at radius 1 is 1.08 bits per heavy atom. The van der Waals surface area contributed by atoms with Crippen LogP contribution in [-0.4, -0.2) is 42.5 Å². The number of nitrogens with zero attached hydrogens (tertiary/aromatic N) is 2. The highest BCUT2D eigenvalue weighted by atomic mass is 32.2. The number of rotatable bonds is 6. The maximum absolute atomic E-state index is 13.0. The molecule has 0 saturated carbocycles. The number of aromatic amines is 1. The van der Waals surface area contributed by atoms with Gasteiger partial charge in [-0.15, -0.1) is 0 Å². The smallest absolute Gasteiger partial charge is 0.344 e. The molecule has 9 nitrogen and oxygen atoms in total. The van der Waals surface area contributed by atoms with Crippen LogP contribution in [0.15, 0.2) is 45.8 Å². The van der Waals surface area contributed by atoms with Crippen molar-refractivity contribution in [1.29, 1.82) is 0 Å². The Hall–Kier alpha value is -3.63. The van der Waals surface area contributed by atoms with E-state index in [-0.39, 0.29) is 34.6 Å². The topological polar surface area (TPSA) is 118 Å². The zero-order valence-corrected chi connectivity index (χ0v) is 21.6. The summed E-state index contributed by atoms with van der Waals surface area (Å²) in [5, 5.41) is 7.59. The molecule has 2 aromatic heterocycles. The molecular weight excluding hydrogens is 492 g/mol. The van der Waals surface area contributed by atoms with E-state index in [1.54, 1.807) is 19.1 Å². The van der Waals surface area contributed by atoms with Crippen molar-refractivity contribution < 1.29 is 21.9 Å². The molecule has 4 heterocycles. The average Bonchev–Trinajstić information content (AvgIpc) is 3.57. The molecule has 6 rings (SSSR count). The van der Waals surface area contributed by atoms with Crippen molar-refractivity contribution in [2.75, 3.05) is 13.1 Å². The molecule has 0 unspecified atom stereocenters. The van der Waals surface area contributed by atoms with Crippen molar-refractivity contribution in [1.82, 2.24) is 20.4 Å². The lowest BCUT2D eigenvalue weighted by Gasteiger charge is -2.26. The summed E-state index contributed by atoms with van der Waals surface area (Å²) >= 11 is 0. The second-order valence-electron chi connectivity index (χ2n) is 9.78. The molecule has 2 aromatic carbocycles. The molecule has 37 heavy (non-hydrogen) atoms. The van der Waals surface area contributed by atoms with E-state index in [1.807, 2.05) is 6.07 Å². The molecule has 0 atom stereocenters. The van der Waals surface area contributed by atoms with Gasteiger partial charge in [0.25, 0.3) is 5.91 Å². The lowest BCUT2D eigenvalue weighted by atomic mass is 9.99. The van der Waals surface area contributed by atoms with Gasteiger partial charge in [-0.2, -0.15) is 8.42 Å². The maximum Gasteiger partial charge on any atom is 0.344 e. The summed E-state index contributed by atoms with van der Waals surface area (Å²) in [6, 6.07) is 11.8. The van der Waals surface area contributed by atoms with Gasteiger partial charge in [-0.1, -0.05) is 17.6 Å². The van der Waals surface area contributed by atoms with E-state index in [4.69, 9.17) is 8.71 Å². The molecule has 192 valence electrons. The number of H-pyrrole nitrogens is 1. The minimum Gasteiger partial charge on any atom is -0.378 e. The van der Waals surface area contributed by atoms with Gasteiger partial charge in [0.1, 0.15) is 11.4 Å². The Kier molecular flexibility index (Phi) is 5.80. The molecule has 2 aliphatic heterocycles. The zero-order chi connectivity index (χ0) is 25.7. The fourth-order valence-corrected chi connectivity index (χ4v) is 6.68. The van der Waals surface area contributed by atoms with Crippen molar-refractivity contribution in [3.63, 3.8) is 0 Å². The summed E-state index contributed by atoms with van der Waals surface area (Å²) < 4.78 is 36.5. The molecule has 1 amide bonds. The molecule has 1 fully saturated rings. The number of fused-ring (bicyclic) bond motifs is 2. The molecule has 4 aromatic rings. The Bertz CT molecular complexity index is 1610. The van der Waals surface area contributed by atoms with Gasteiger partial charge < -0.3 is 19.0 Å². The number of nitrogens with one attached hydrogen (secondary N) is 2. The number of amides is 1. The molecule has 0 radical (unpaired) electrons. The average molecular weight is 521 g/mol. The van der Waals surface area contributed by atoms with E-state index < -0.39 is 10.1 Å². The summed E-state index contributed by atoms with van der Waals surface area (Å²) in [6.07, 6.45) is 3.82. The van der Waals surface area contributed by atoms with Crippen LogP contribution in [-0.2, 0) is 23.2 Å². The lowest BCUT2D eigenvalue weighted by Crippen LogP contribution is -2.28. The standard InChI is InChI=1S/C27H28N4O5S/c1-16-26(17(2)35-30-16)37(33,34)36-24-9-7-20(25-21(24)14-28-27(25)32)23-13-19-12-18(6-8-22(19)29-23)15-31-10-4-3-5-11-31/h6-9,12-13,29H,3-5,10-11,14-15H2,1-2H3,(H,28,32). The van der Waals surface area contributed by atoms with Crippen molar-refractivity contribution in [3.05, 3.63) is 64.5 Å². The number of hydrogen-bond donors (Lipinski definition) is 2. The lowest BCUT2D eigenvalue weighted by molar-refractivity contribution is 0.0966. The molecule has 0 aliphatic carbocycles. The molecule has 0 spiro atoms. The number of likely N-dealkylation sites (tertiary alicyclic amines) is 1. The van der Waals surface area contributed by atoms with Gasteiger partial charge in [0.15, 0.2) is 10.7 Å². The van der Waals surface area contributed by atoms with Crippen LogP contribution in [0.5, 0.6) is 5.75 Å². The Labute approximate surface area is 214 Å². The second kappa shape index (κ2) is 9.04. The van der Waals surface area contributed by atoms with Crippen LogP contribution in [0.25, 0.3) is 22.2 Å². The third-order valence-electron chi connectivity index (χ3n) is 7.17. The Morgan fingerprint density at radius 3 is 2.65 bits per heavy atom. The number of carbonyl (C=O) groups excluding carboxylic acids is 1. The Morgan fingerprint density at radius 2 is 1.89 bits per heavy atom. The minimum atomic E-state index is -4.19. The van der Waals surface area contributed by atoms with Crippen LogP contribution in [0.2, 0.25) is 0 Å². The van der Waals surface area contributed by atoms with E-state index in [9.17, 15) is 13.2 Å². The van der Waals surface area contributed by atoms with E-state index in [0.717, 1.165) is 36.2 Å². The first-order valence-corrected chi connectivity index (χ1v) is 13.9. The first kappa shape index (κ1) is 23.7. The van der Waals surface area contributed by atoms with Crippen LogP contribution in [0, 0.1) is 13.8 Å². The normalized spacial score (nSPS) is 16.2. The second-order valence-corrected chi connectivity index (χ2v) is 11.3. The largest absolute Gasteiger partial charge is 0.378 e. The van der Waals surface area contributed by atoms with Crippen LogP contribution in [0.3, 0.4) is 0 Å². The van der Waals surface area contributed by atoms with Gasteiger partial charge in [-0.05, 0) is 75.7 Å². The first-order valence-electron chi connectivity index (χ1n) is 12.5. The fraction of sp³-hybridized carbons (Fsp3) is 0.333. The van der Waals surface area contributed by atoms with Crippen molar-refractivity contribution >= 4 is 26.9 Å². The molecule has 2 N–H and O–H groups in total. The van der Waals surface area contributed by atoms with Gasteiger partial charge in [0, 0.05) is 40.8 Å². The SMILES string of the molecule is Cc1noc(C)c1S(=O)(=O)Oc1ccc(-c2cc3cc(CN4CCCCC4)ccc3[nH]2)c2c1CNC2=O.